The Labute approximate surface area is 118 Å². The Balaban J connectivity index is 2.24. The molecular formula is C17H17NO2. The Hall–Kier alpha value is -2.42. The van der Waals surface area contributed by atoms with Crippen molar-refractivity contribution in [3.05, 3.63) is 65.2 Å². The van der Waals surface area contributed by atoms with Crippen molar-refractivity contribution in [3.8, 4) is 0 Å². The molecule has 0 aromatic heterocycles. The van der Waals surface area contributed by atoms with Crippen LogP contribution in [-0.4, -0.2) is 25.7 Å². The van der Waals surface area contributed by atoms with E-state index in [-0.39, 0.29) is 11.6 Å². The van der Waals surface area contributed by atoms with Gasteiger partial charge in [0, 0.05) is 36.5 Å². The highest BCUT2D eigenvalue weighted by atomic mass is 16.1. The maximum absolute atomic E-state index is 12.3. The smallest absolute Gasteiger partial charge is 0.193 e. The number of hydrogen-bond donors (Lipinski definition) is 0. The van der Waals surface area contributed by atoms with Crippen molar-refractivity contribution in [2.75, 3.05) is 19.0 Å². The molecule has 0 atom stereocenters. The van der Waals surface area contributed by atoms with Gasteiger partial charge in [0.2, 0.25) is 0 Å². The molecule has 2 rings (SSSR count). The molecule has 0 heterocycles. The second-order valence-electron chi connectivity index (χ2n) is 4.90. The number of carbonyl (C=O) groups excluding carboxylic acids is 2. The fourth-order valence-corrected chi connectivity index (χ4v) is 1.93. The molecule has 0 bridgehead atoms. The lowest BCUT2D eigenvalue weighted by Gasteiger charge is -2.12. The number of benzene rings is 2. The van der Waals surface area contributed by atoms with E-state index < -0.39 is 0 Å². The van der Waals surface area contributed by atoms with Crippen molar-refractivity contribution >= 4 is 17.3 Å². The summed E-state index contributed by atoms with van der Waals surface area (Å²) in [6, 6.07) is 14.2. The van der Waals surface area contributed by atoms with Crippen LogP contribution in [0.4, 0.5) is 5.69 Å². The summed E-state index contributed by atoms with van der Waals surface area (Å²) in [5.74, 6) is -0.0373. The Bertz CT molecular complexity index is 625. The number of Topliss-reactive ketones (excluding diaryl/α,β-unsaturated/α-hetero) is 1. The van der Waals surface area contributed by atoms with E-state index >= 15 is 0 Å². The Morgan fingerprint density at radius 2 is 1.15 bits per heavy atom. The number of carbonyl (C=O) groups is 2. The lowest BCUT2D eigenvalue weighted by molar-refractivity contribution is 0.101. The molecule has 0 radical (unpaired) electrons. The van der Waals surface area contributed by atoms with Crippen LogP contribution in [0.3, 0.4) is 0 Å². The number of rotatable bonds is 4. The minimum Gasteiger partial charge on any atom is -0.378 e. The van der Waals surface area contributed by atoms with Gasteiger partial charge in [-0.25, -0.2) is 0 Å². The van der Waals surface area contributed by atoms with Crippen molar-refractivity contribution in [2.45, 2.75) is 6.92 Å². The van der Waals surface area contributed by atoms with Gasteiger partial charge in [0.05, 0.1) is 0 Å². The summed E-state index contributed by atoms with van der Waals surface area (Å²) in [6.07, 6.45) is 0. The normalized spacial score (nSPS) is 10.2. The minimum atomic E-state index is -0.0367. The first-order valence-corrected chi connectivity index (χ1v) is 6.42. The molecular weight excluding hydrogens is 250 g/mol. The summed E-state index contributed by atoms with van der Waals surface area (Å²) in [5.41, 5.74) is 2.90. The zero-order chi connectivity index (χ0) is 14.7. The van der Waals surface area contributed by atoms with E-state index in [9.17, 15) is 9.59 Å². The summed E-state index contributed by atoms with van der Waals surface area (Å²) in [7, 11) is 3.91. The summed E-state index contributed by atoms with van der Waals surface area (Å²) in [6.45, 7) is 1.51. The predicted molar refractivity (Wildman–Crippen MR) is 80.6 cm³/mol. The van der Waals surface area contributed by atoms with E-state index in [2.05, 4.69) is 0 Å². The van der Waals surface area contributed by atoms with Gasteiger partial charge in [0.1, 0.15) is 0 Å². The molecule has 2 aromatic carbocycles. The molecule has 0 saturated carbocycles. The Kier molecular flexibility index (Phi) is 3.99. The van der Waals surface area contributed by atoms with Crippen molar-refractivity contribution in [1.29, 1.82) is 0 Å². The summed E-state index contributed by atoms with van der Waals surface area (Å²) < 4.78 is 0. The highest BCUT2D eigenvalue weighted by Crippen LogP contribution is 2.16. The second kappa shape index (κ2) is 5.70. The quantitative estimate of drug-likeness (QED) is 0.798. The van der Waals surface area contributed by atoms with E-state index in [0.29, 0.717) is 16.7 Å². The largest absolute Gasteiger partial charge is 0.378 e. The summed E-state index contributed by atoms with van der Waals surface area (Å²) in [4.78, 5) is 25.5. The number of hydrogen-bond acceptors (Lipinski definition) is 3. The fourth-order valence-electron chi connectivity index (χ4n) is 1.93. The second-order valence-corrected chi connectivity index (χ2v) is 4.90. The van der Waals surface area contributed by atoms with Crippen molar-refractivity contribution in [1.82, 2.24) is 0 Å². The molecule has 2 aromatic rings. The van der Waals surface area contributed by atoms with Gasteiger partial charge in [-0.15, -0.1) is 0 Å². The van der Waals surface area contributed by atoms with E-state index in [0.717, 1.165) is 5.69 Å². The van der Waals surface area contributed by atoms with E-state index in [1.54, 1.807) is 24.3 Å². The summed E-state index contributed by atoms with van der Waals surface area (Å²) >= 11 is 0. The lowest BCUT2D eigenvalue weighted by atomic mass is 10.0. The molecule has 0 aliphatic rings. The Morgan fingerprint density at radius 3 is 1.55 bits per heavy atom. The number of anilines is 1. The molecule has 0 saturated heterocycles. The average molecular weight is 267 g/mol. The monoisotopic (exact) mass is 267 g/mol. The molecule has 0 aliphatic carbocycles. The van der Waals surface area contributed by atoms with Gasteiger partial charge in [0.15, 0.2) is 11.6 Å². The first-order valence-electron chi connectivity index (χ1n) is 6.42. The molecule has 0 spiro atoms. The highest BCUT2D eigenvalue weighted by Gasteiger charge is 2.09. The van der Waals surface area contributed by atoms with Gasteiger partial charge < -0.3 is 4.90 Å². The molecule has 0 aliphatic heterocycles. The zero-order valence-corrected chi connectivity index (χ0v) is 11.9. The molecule has 0 amide bonds. The van der Waals surface area contributed by atoms with Gasteiger partial charge in [-0.05, 0) is 31.2 Å². The molecule has 102 valence electrons. The molecule has 0 unspecified atom stereocenters. The van der Waals surface area contributed by atoms with E-state index in [4.69, 9.17) is 0 Å². The van der Waals surface area contributed by atoms with Gasteiger partial charge in [-0.1, -0.05) is 24.3 Å². The van der Waals surface area contributed by atoms with Crippen LogP contribution in [0.15, 0.2) is 48.5 Å². The van der Waals surface area contributed by atoms with Crippen molar-refractivity contribution in [2.24, 2.45) is 0 Å². The zero-order valence-electron chi connectivity index (χ0n) is 11.9. The van der Waals surface area contributed by atoms with Crippen molar-refractivity contribution in [3.63, 3.8) is 0 Å². The SMILES string of the molecule is CC(=O)c1ccc(C(=O)c2ccc(N(C)C)cc2)cc1. The third-order valence-electron chi connectivity index (χ3n) is 3.20. The molecule has 3 nitrogen and oxygen atoms in total. The van der Waals surface area contributed by atoms with Crippen LogP contribution in [0.5, 0.6) is 0 Å². The number of nitrogens with zero attached hydrogens (tertiary/aromatic N) is 1. The van der Waals surface area contributed by atoms with Crippen LogP contribution < -0.4 is 4.90 Å². The average Bonchev–Trinajstić information content (AvgIpc) is 2.46. The van der Waals surface area contributed by atoms with Gasteiger partial charge >= 0.3 is 0 Å². The van der Waals surface area contributed by atoms with E-state index in [1.165, 1.54) is 6.92 Å². The van der Waals surface area contributed by atoms with Gasteiger partial charge in [-0.2, -0.15) is 0 Å². The highest BCUT2D eigenvalue weighted by molar-refractivity contribution is 6.09. The Morgan fingerprint density at radius 1 is 0.750 bits per heavy atom. The summed E-state index contributed by atoms with van der Waals surface area (Å²) in [5, 5.41) is 0. The minimum absolute atomic E-state index is 0.000616. The van der Waals surface area contributed by atoms with Crippen LogP contribution in [0, 0.1) is 0 Å². The molecule has 3 heteroatoms. The van der Waals surface area contributed by atoms with Crippen LogP contribution in [-0.2, 0) is 0 Å². The van der Waals surface area contributed by atoms with Gasteiger partial charge in [-0.3, -0.25) is 9.59 Å². The first kappa shape index (κ1) is 14.0. The third-order valence-corrected chi connectivity index (χ3v) is 3.20. The van der Waals surface area contributed by atoms with E-state index in [1.807, 2.05) is 43.3 Å². The van der Waals surface area contributed by atoms with Crippen LogP contribution in [0.1, 0.15) is 33.2 Å². The maximum atomic E-state index is 12.3. The third kappa shape index (κ3) is 2.94. The first-order chi connectivity index (χ1) is 9.49. The fraction of sp³-hybridized carbons (Fsp3) is 0.176. The molecule has 0 N–H and O–H groups in total. The van der Waals surface area contributed by atoms with Crippen LogP contribution in [0.25, 0.3) is 0 Å². The van der Waals surface area contributed by atoms with Crippen molar-refractivity contribution < 1.29 is 9.59 Å². The van der Waals surface area contributed by atoms with Crippen LogP contribution in [0.2, 0.25) is 0 Å². The lowest BCUT2D eigenvalue weighted by Crippen LogP contribution is -2.09. The molecule has 0 fully saturated rings. The predicted octanol–water partition coefficient (Wildman–Crippen LogP) is 3.19. The topological polar surface area (TPSA) is 37.4 Å². The standard InChI is InChI=1S/C17H17NO2/c1-12(19)13-4-6-14(7-5-13)17(20)15-8-10-16(11-9-15)18(2)3/h4-11H,1-3H3. The number of ketones is 2. The molecule has 20 heavy (non-hydrogen) atoms. The van der Waals surface area contributed by atoms with Crippen LogP contribution >= 0.6 is 0 Å². The maximum Gasteiger partial charge on any atom is 0.193 e. The van der Waals surface area contributed by atoms with Gasteiger partial charge in [0.25, 0.3) is 0 Å².